The number of anilines is 1. The molecule has 19 heavy (non-hydrogen) atoms. The SMILES string of the molecule is CCOC(=O)C1(Nc2cccc(C)c2)CCC(C)C1. The highest BCUT2D eigenvalue weighted by molar-refractivity contribution is 5.85. The maximum Gasteiger partial charge on any atom is 0.331 e. The Labute approximate surface area is 115 Å². The Hall–Kier alpha value is -1.51. The number of carbonyl (C=O) groups is 1. The number of benzene rings is 1. The van der Waals surface area contributed by atoms with Crippen LogP contribution in [0.2, 0.25) is 0 Å². The minimum atomic E-state index is -0.538. The second kappa shape index (κ2) is 5.64. The number of nitrogens with one attached hydrogen (secondary N) is 1. The molecule has 2 unspecified atom stereocenters. The second-order valence-corrected chi connectivity index (χ2v) is 5.65. The van der Waals surface area contributed by atoms with Crippen LogP contribution in [0.1, 0.15) is 38.7 Å². The summed E-state index contributed by atoms with van der Waals surface area (Å²) in [6, 6.07) is 8.15. The monoisotopic (exact) mass is 261 g/mol. The Morgan fingerprint density at radius 1 is 1.53 bits per heavy atom. The number of rotatable bonds is 4. The summed E-state index contributed by atoms with van der Waals surface area (Å²) < 4.78 is 5.28. The maximum absolute atomic E-state index is 12.3. The molecule has 0 amide bonds. The van der Waals surface area contributed by atoms with Crippen LogP contribution in [0, 0.1) is 12.8 Å². The lowest BCUT2D eigenvalue weighted by molar-refractivity contribution is -0.148. The number of hydrogen-bond acceptors (Lipinski definition) is 3. The summed E-state index contributed by atoms with van der Waals surface area (Å²) in [5, 5.41) is 3.44. The van der Waals surface area contributed by atoms with Crippen LogP contribution in [0.15, 0.2) is 24.3 Å². The van der Waals surface area contributed by atoms with Crippen molar-refractivity contribution < 1.29 is 9.53 Å². The highest BCUT2D eigenvalue weighted by Crippen LogP contribution is 2.38. The van der Waals surface area contributed by atoms with Crippen molar-refractivity contribution in [3.05, 3.63) is 29.8 Å². The molecule has 1 aliphatic carbocycles. The molecule has 0 spiro atoms. The minimum absolute atomic E-state index is 0.110. The fraction of sp³-hybridized carbons (Fsp3) is 0.562. The van der Waals surface area contributed by atoms with Gasteiger partial charge in [-0.25, -0.2) is 4.79 Å². The van der Waals surface area contributed by atoms with Gasteiger partial charge in [-0.1, -0.05) is 19.1 Å². The summed E-state index contributed by atoms with van der Waals surface area (Å²) in [4.78, 5) is 12.3. The number of hydrogen-bond donors (Lipinski definition) is 1. The quantitative estimate of drug-likeness (QED) is 0.843. The molecule has 1 aromatic rings. The van der Waals surface area contributed by atoms with Gasteiger partial charge in [-0.15, -0.1) is 0 Å². The van der Waals surface area contributed by atoms with Gasteiger partial charge in [0.15, 0.2) is 0 Å². The third-order valence-corrected chi connectivity index (χ3v) is 3.83. The highest BCUT2D eigenvalue weighted by atomic mass is 16.5. The standard InChI is InChI=1S/C16H23NO2/c1-4-19-15(18)16(9-8-13(3)11-16)17-14-7-5-6-12(2)10-14/h5-7,10,13,17H,4,8-9,11H2,1-3H3. The maximum atomic E-state index is 12.3. The Bertz CT molecular complexity index is 458. The van der Waals surface area contributed by atoms with E-state index < -0.39 is 5.54 Å². The topological polar surface area (TPSA) is 38.3 Å². The number of carbonyl (C=O) groups excluding carboxylic acids is 1. The van der Waals surface area contributed by atoms with Gasteiger partial charge in [0, 0.05) is 5.69 Å². The van der Waals surface area contributed by atoms with Gasteiger partial charge in [0.05, 0.1) is 6.61 Å². The van der Waals surface area contributed by atoms with E-state index in [1.54, 1.807) is 0 Å². The van der Waals surface area contributed by atoms with E-state index in [4.69, 9.17) is 4.74 Å². The van der Waals surface area contributed by atoms with E-state index in [1.165, 1.54) is 5.56 Å². The van der Waals surface area contributed by atoms with Crippen molar-refractivity contribution in [2.24, 2.45) is 5.92 Å². The third-order valence-electron chi connectivity index (χ3n) is 3.83. The summed E-state index contributed by atoms with van der Waals surface area (Å²) in [7, 11) is 0. The van der Waals surface area contributed by atoms with Crippen molar-refractivity contribution in [2.75, 3.05) is 11.9 Å². The molecule has 1 N–H and O–H groups in total. The van der Waals surface area contributed by atoms with Crippen LogP contribution in [0.5, 0.6) is 0 Å². The molecular weight excluding hydrogens is 238 g/mol. The second-order valence-electron chi connectivity index (χ2n) is 5.65. The molecule has 1 saturated carbocycles. The summed E-state index contributed by atoms with van der Waals surface area (Å²) in [6.07, 6.45) is 2.76. The lowest BCUT2D eigenvalue weighted by atomic mass is 9.95. The van der Waals surface area contributed by atoms with Gasteiger partial charge >= 0.3 is 5.97 Å². The summed E-state index contributed by atoms with van der Waals surface area (Å²) in [5.41, 5.74) is 1.65. The van der Waals surface area contributed by atoms with Gasteiger partial charge in [-0.3, -0.25) is 0 Å². The number of ether oxygens (including phenoxy) is 1. The van der Waals surface area contributed by atoms with E-state index in [1.807, 2.05) is 19.1 Å². The molecule has 0 heterocycles. The zero-order valence-electron chi connectivity index (χ0n) is 12.0. The Morgan fingerprint density at radius 2 is 2.32 bits per heavy atom. The average molecular weight is 261 g/mol. The van der Waals surface area contributed by atoms with Crippen LogP contribution in [-0.2, 0) is 9.53 Å². The highest BCUT2D eigenvalue weighted by Gasteiger charge is 2.45. The molecular formula is C16H23NO2. The van der Waals surface area contributed by atoms with Crippen molar-refractivity contribution in [3.63, 3.8) is 0 Å². The number of aryl methyl sites for hydroxylation is 1. The van der Waals surface area contributed by atoms with E-state index in [0.29, 0.717) is 12.5 Å². The van der Waals surface area contributed by atoms with Crippen LogP contribution in [0.25, 0.3) is 0 Å². The molecule has 0 aromatic heterocycles. The molecule has 3 nitrogen and oxygen atoms in total. The van der Waals surface area contributed by atoms with Crippen LogP contribution in [-0.4, -0.2) is 18.1 Å². The summed E-state index contributed by atoms with van der Waals surface area (Å²) >= 11 is 0. The third kappa shape index (κ3) is 3.09. The first-order valence-electron chi connectivity index (χ1n) is 7.08. The fourth-order valence-electron chi connectivity index (χ4n) is 2.91. The molecule has 0 radical (unpaired) electrons. The fourth-order valence-corrected chi connectivity index (χ4v) is 2.91. The molecule has 2 rings (SSSR count). The first-order valence-corrected chi connectivity index (χ1v) is 7.08. The van der Waals surface area contributed by atoms with Crippen LogP contribution in [0.4, 0.5) is 5.69 Å². The molecule has 1 fully saturated rings. The van der Waals surface area contributed by atoms with Gasteiger partial charge in [0.25, 0.3) is 0 Å². The largest absolute Gasteiger partial charge is 0.464 e. The minimum Gasteiger partial charge on any atom is -0.464 e. The lowest BCUT2D eigenvalue weighted by Crippen LogP contribution is -2.45. The van der Waals surface area contributed by atoms with Gasteiger partial charge in [0.1, 0.15) is 5.54 Å². The summed E-state index contributed by atoms with van der Waals surface area (Å²) in [6.45, 7) is 6.54. The molecule has 1 aliphatic rings. The Balaban J connectivity index is 2.21. The predicted octanol–water partition coefficient (Wildman–Crippen LogP) is 3.53. The first-order chi connectivity index (χ1) is 9.05. The Morgan fingerprint density at radius 3 is 2.89 bits per heavy atom. The molecule has 2 atom stereocenters. The normalized spacial score (nSPS) is 26.2. The van der Waals surface area contributed by atoms with E-state index in [0.717, 1.165) is 24.9 Å². The molecule has 3 heteroatoms. The van der Waals surface area contributed by atoms with Gasteiger partial charge in [-0.05, 0) is 56.7 Å². The van der Waals surface area contributed by atoms with Crippen molar-refractivity contribution >= 4 is 11.7 Å². The van der Waals surface area contributed by atoms with Gasteiger partial charge < -0.3 is 10.1 Å². The first kappa shape index (κ1) is 13.9. The van der Waals surface area contributed by atoms with E-state index in [9.17, 15) is 4.79 Å². The molecule has 0 saturated heterocycles. The molecule has 0 bridgehead atoms. The predicted molar refractivity (Wildman–Crippen MR) is 77.2 cm³/mol. The molecule has 0 aliphatic heterocycles. The Kier molecular flexibility index (Phi) is 4.13. The van der Waals surface area contributed by atoms with Crippen LogP contribution in [0.3, 0.4) is 0 Å². The molecule has 1 aromatic carbocycles. The zero-order valence-corrected chi connectivity index (χ0v) is 12.0. The zero-order chi connectivity index (χ0) is 13.9. The lowest BCUT2D eigenvalue weighted by Gasteiger charge is -2.29. The van der Waals surface area contributed by atoms with Crippen molar-refractivity contribution in [2.45, 2.75) is 45.6 Å². The number of esters is 1. The van der Waals surface area contributed by atoms with Crippen molar-refractivity contribution in [1.29, 1.82) is 0 Å². The summed E-state index contributed by atoms with van der Waals surface area (Å²) in [5.74, 6) is 0.447. The van der Waals surface area contributed by atoms with Gasteiger partial charge in [-0.2, -0.15) is 0 Å². The average Bonchev–Trinajstić information content (AvgIpc) is 2.72. The van der Waals surface area contributed by atoms with Gasteiger partial charge in [0.2, 0.25) is 0 Å². The molecule has 104 valence electrons. The van der Waals surface area contributed by atoms with E-state index >= 15 is 0 Å². The van der Waals surface area contributed by atoms with Crippen LogP contribution < -0.4 is 5.32 Å². The van der Waals surface area contributed by atoms with E-state index in [2.05, 4.69) is 31.3 Å². The van der Waals surface area contributed by atoms with E-state index in [-0.39, 0.29) is 5.97 Å². The smallest absolute Gasteiger partial charge is 0.331 e. The van der Waals surface area contributed by atoms with Crippen molar-refractivity contribution in [1.82, 2.24) is 0 Å². The van der Waals surface area contributed by atoms with Crippen LogP contribution >= 0.6 is 0 Å². The van der Waals surface area contributed by atoms with Crippen molar-refractivity contribution in [3.8, 4) is 0 Å².